The lowest BCUT2D eigenvalue weighted by molar-refractivity contribution is 0.0383. The van der Waals surface area contributed by atoms with Crippen LogP contribution in [0.15, 0.2) is 47.4 Å². The SMILES string of the molecule is Cc1ccc(S(=O)(=O)N2c3ccc(C(=O)NCCN4CCOCC4)cc3C[C@H]2C)cc1. The fraction of sp³-hybridized carbons (Fsp3) is 0.435. The number of nitrogens with zero attached hydrogens (tertiary/aromatic N) is 2. The Labute approximate surface area is 184 Å². The summed E-state index contributed by atoms with van der Waals surface area (Å²) < 4.78 is 33.3. The molecule has 2 aromatic rings. The Morgan fingerprint density at radius 2 is 1.84 bits per heavy atom. The average Bonchev–Trinajstić information content (AvgIpc) is 3.10. The van der Waals surface area contributed by atoms with Crippen molar-refractivity contribution >= 4 is 21.6 Å². The fourth-order valence-corrected chi connectivity index (χ4v) is 5.88. The topological polar surface area (TPSA) is 79.0 Å². The van der Waals surface area contributed by atoms with Crippen LogP contribution in [0.1, 0.15) is 28.4 Å². The zero-order chi connectivity index (χ0) is 22.0. The molecular formula is C23H29N3O4S. The van der Waals surface area contributed by atoms with Gasteiger partial charge in [0, 0.05) is 37.8 Å². The number of carbonyl (C=O) groups excluding carboxylic acids is 1. The predicted molar refractivity (Wildman–Crippen MR) is 120 cm³/mol. The molecule has 1 N–H and O–H groups in total. The summed E-state index contributed by atoms with van der Waals surface area (Å²) in [5, 5.41) is 2.97. The summed E-state index contributed by atoms with van der Waals surface area (Å²) in [6, 6.07) is 12.0. The minimum atomic E-state index is -3.66. The van der Waals surface area contributed by atoms with Gasteiger partial charge in [0.1, 0.15) is 0 Å². The predicted octanol–water partition coefficient (Wildman–Crippen LogP) is 2.20. The van der Waals surface area contributed by atoms with Gasteiger partial charge in [-0.1, -0.05) is 17.7 Å². The molecule has 1 atom stereocenters. The van der Waals surface area contributed by atoms with Crippen LogP contribution in [0, 0.1) is 6.92 Å². The van der Waals surface area contributed by atoms with Gasteiger partial charge in [-0.25, -0.2) is 8.42 Å². The van der Waals surface area contributed by atoms with Crippen LogP contribution in [0.3, 0.4) is 0 Å². The third-order valence-corrected chi connectivity index (χ3v) is 7.83. The van der Waals surface area contributed by atoms with Crippen molar-refractivity contribution in [3.8, 4) is 0 Å². The summed E-state index contributed by atoms with van der Waals surface area (Å²) in [6.07, 6.45) is 0.579. The second-order valence-corrected chi connectivity index (χ2v) is 10.0. The van der Waals surface area contributed by atoms with E-state index in [1.165, 1.54) is 4.31 Å². The van der Waals surface area contributed by atoms with Crippen LogP contribution in [0.2, 0.25) is 0 Å². The van der Waals surface area contributed by atoms with Crippen LogP contribution in [-0.2, 0) is 21.2 Å². The van der Waals surface area contributed by atoms with Gasteiger partial charge >= 0.3 is 0 Å². The van der Waals surface area contributed by atoms with Crippen molar-refractivity contribution in [1.29, 1.82) is 0 Å². The smallest absolute Gasteiger partial charge is 0.264 e. The number of nitrogens with one attached hydrogen (secondary N) is 1. The normalized spacial score (nSPS) is 19.3. The number of hydrogen-bond acceptors (Lipinski definition) is 5. The number of ether oxygens (including phenoxy) is 1. The van der Waals surface area contributed by atoms with E-state index in [4.69, 9.17) is 4.74 Å². The number of sulfonamides is 1. The minimum absolute atomic E-state index is 0.136. The van der Waals surface area contributed by atoms with E-state index >= 15 is 0 Å². The molecule has 31 heavy (non-hydrogen) atoms. The van der Waals surface area contributed by atoms with Gasteiger partial charge in [0.25, 0.3) is 15.9 Å². The molecule has 1 saturated heterocycles. The Hall–Kier alpha value is -2.42. The molecule has 7 nitrogen and oxygen atoms in total. The standard InChI is InChI=1S/C23H29N3O4S/c1-17-3-6-21(7-4-17)31(28,29)26-18(2)15-20-16-19(5-8-22(20)26)23(27)24-9-10-25-11-13-30-14-12-25/h3-8,16,18H,9-15H2,1-2H3,(H,24,27)/t18-/m1/s1. The number of morpholine rings is 1. The van der Waals surface area contributed by atoms with Crippen molar-refractivity contribution < 1.29 is 17.9 Å². The number of fused-ring (bicyclic) bond motifs is 1. The number of rotatable bonds is 6. The quantitative estimate of drug-likeness (QED) is 0.741. The lowest BCUT2D eigenvalue weighted by Gasteiger charge is -2.26. The van der Waals surface area contributed by atoms with E-state index in [1.54, 1.807) is 36.4 Å². The summed E-state index contributed by atoms with van der Waals surface area (Å²) in [6.45, 7) is 8.43. The highest BCUT2D eigenvalue weighted by molar-refractivity contribution is 7.92. The van der Waals surface area contributed by atoms with Gasteiger partial charge in [-0.3, -0.25) is 14.0 Å². The molecule has 2 aromatic carbocycles. The molecule has 4 rings (SSSR count). The number of anilines is 1. The Morgan fingerprint density at radius 1 is 1.13 bits per heavy atom. The monoisotopic (exact) mass is 443 g/mol. The maximum Gasteiger partial charge on any atom is 0.264 e. The Balaban J connectivity index is 1.47. The van der Waals surface area contributed by atoms with E-state index < -0.39 is 10.0 Å². The highest BCUT2D eigenvalue weighted by Gasteiger charge is 2.36. The number of benzene rings is 2. The second-order valence-electron chi connectivity index (χ2n) is 8.22. The van der Waals surface area contributed by atoms with Crippen LogP contribution >= 0.6 is 0 Å². The van der Waals surface area contributed by atoms with E-state index in [0.717, 1.165) is 44.0 Å². The van der Waals surface area contributed by atoms with Crippen molar-refractivity contribution in [2.75, 3.05) is 43.7 Å². The van der Waals surface area contributed by atoms with Gasteiger partial charge in [0.15, 0.2) is 0 Å². The molecule has 1 amide bonds. The summed E-state index contributed by atoms with van der Waals surface area (Å²) in [7, 11) is -3.66. The van der Waals surface area contributed by atoms with Gasteiger partial charge in [0.05, 0.1) is 23.8 Å². The van der Waals surface area contributed by atoms with E-state index in [2.05, 4.69) is 10.2 Å². The van der Waals surface area contributed by atoms with Crippen LogP contribution in [0.25, 0.3) is 0 Å². The van der Waals surface area contributed by atoms with E-state index in [1.807, 2.05) is 19.9 Å². The molecule has 2 aliphatic heterocycles. The van der Waals surface area contributed by atoms with Crippen molar-refractivity contribution in [2.45, 2.75) is 31.2 Å². The molecule has 0 saturated carbocycles. The zero-order valence-corrected chi connectivity index (χ0v) is 18.8. The molecule has 8 heteroatoms. The molecule has 2 aliphatic rings. The van der Waals surface area contributed by atoms with Gasteiger partial charge in [-0.05, 0) is 56.2 Å². The maximum atomic E-state index is 13.3. The van der Waals surface area contributed by atoms with E-state index in [0.29, 0.717) is 24.2 Å². The first-order chi connectivity index (χ1) is 14.9. The van der Waals surface area contributed by atoms with Crippen LogP contribution < -0.4 is 9.62 Å². The lowest BCUT2D eigenvalue weighted by atomic mass is 10.1. The average molecular weight is 444 g/mol. The third-order valence-electron chi connectivity index (χ3n) is 5.89. The molecule has 0 bridgehead atoms. The van der Waals surface area contributed by atoms with Crippen molar-refractivity contribution in [2.24, 2.45) is 0 Å². The highest BCUT2D eigenvalue weighted by Crippen LogP contribution is 2.37. The first-order valence-electron chi connectivity index (χ1n) is 10.7. The number of aryl methyl sites for hydroxylation is 1. The number of hydrogen-bond donors (Lipinski definition) is 1. The number of carbonyl (C=O) groups is 1. The molecule has 166 valence electrons. The van der Waals surface area contributed by atoms with Gasteiger partial charge in [-0.2, -0.15) is 0 Å². The summed E-state index contributed by atoms with van der Waals surface area (Å²) in [5.74, 6) is -0.136. The summed E-state index contributed by atoms with van der Waals surface area (Å²) in [5.41, 5.74) is 3.10. The van der Waals surface area contributed by atoms with Gasteiger partial charge in [0.2, 0.25) is 0 Å². The molecule has 0 aliphatic carbocycles. The molecule has 1 fully saturated rings. The van der Waals surface area contributed by atoms with Crippen LogP contribution in [0.5, 0.6) is 0 Å². The lowest BCUT2D eigenvalue weighted by Crippen LogP contribution is -2.41. The van der Waals surface area contributed by atoms with Crippen molar-refractivity contribution in [3.63, 3.8) is 0 Å². The molecule has 0 unspecified atom stereocenters. The second kappa shape index (κ2) is 8.98. The maximum absolute atomic E-state index is 13.3. The molecule has 0 aromatic heterocycles. The van der Waals surface area contributed by atoms with Gasteiger partial charge < -0.3 is 10.1 Å². The third kappa shape index (κ3) is 4.61. The molecule has 0 radical (unpaired) electrons. The van der Waals surface area contributed by atoms with Gasteiger partial charge in [-0.15, -0.1) is 0 Å². The molecule has 0 spiro atoms. The zero-order valence-electron chi connectivity index (χ0n) is 18.0. The van der Waals surface area contributed by atoms with Crippen molar-refractivity contribution in [1.82, 2.24) is 10.2 Å². The van der Waals surface area contributed by atoms with Crippen molar-refractivity contribution in [3.05, 3.63) is 59.2 Å². The first-order valence-corrected chi connectivity index (χ1v) is 12.1. The van der Waals surface area contributed by atoms with Crippen LogP contribution in [0.4, 0.5) is 5.69 Å². The largest absolute Gasteiger partial charge is 0.379 e. The Kier molecular flexibility index (Phi) is 6.31. The Morgan fingerprint density at radius 3 is 2.55 bits per heavy atom. The number of amides is 1. The first kappa shape index (κ1) is 21.8. The molecular weight excluding hydrogens is 414 g/mol. The summed E-state index contributed by atoms with van der Waals surface area (Å²) >= 11 is 0. The fourth-order valence-electron chi connectivity index (χ4n) is 4.19. The molecule has 2 heterocycles. The van der Waals surface area contributed by atoms with E-state index in [-0.39, 0.29) is 16.8 Å². The Bertz CT molecular complexity index is 1050. The van der Waals surface area contributed by atoms with Crippen LogP contribution in [-0.4, -0.2) is 64.7 Å². The van der Waals surface area contributed by atoms with E-state index in [9.17, 15) is 13.2 Å². The highest BCUT2D eigenvalue weighted by atomic mass is 32.2. The summed E-state index contributed by atoms with van der Waals surface area (Å²) in [4.78, 5) is 15.2. The minimum Gasteiger partial charge on any atom is -0.379 e.